The lowest BCUT2D eigenvalue weighted by Gasteiger charge is -2.08. The molecular weight excluding hydrogens is 350 g/mol. The highest BCUT2D eigenvalue weighted by Crippen LogP contribution is 2.13. The summed E-state index contributed by atoms with van der Waals surface area (Å²) in [6.07, 6.45) is 2.21. The van der Waals surface area contributed by atoms with Crippen molar-refractivity contribution in [2.24, 2.45) is 5.92 Å². The monoisotopic (exact) mass is 369 g/mol. The first kappa shape index (κ1) is 17.3. The van der Waals surface area contributed by atoms with Crippen molar-refractivity contribution in [2.75, 3.05) is 5.32 Å². The van der Waals surface area contributed by atoms with E-state index in [1.54, 1.807) is 0 Å². The van der Waals surface area contributed by atoms with E-state index in [0.717, 1.165) is 28.6 Å². The first-order valence-corrected chi connectivity index (χ1v) is 8.58. The molecular formula is C20H20BrNO. The standard InChI is InChI=1S/C20H20BrNO/c1-2-16(8-9-17-10-13-18(21)14-11-17)12-15-20(23)22-19-6-4-3-5-7-19/h3-7,10-11,13-14,16H,2,12,15H2,1H3,(H,22,23)/t16-/m1/s1. The lowest BCUT2D eigenvalue weighted by molar-refractivity contribution is -0.116. The summed E-state index contributed by atoms with van der Waals surface area (Å²) in [5.74, 6) is 6.75. The molecule has 0 saturated heterocycles. The molecule has 0 fully saturated rings. The van der Waals surface area contributed by atoms with Gasteiger partial charge in [0, 0.05) is 28.1 Å². The third-order valence-corrected chi connectivity index (χ3v) is 4.06. The van der Waals surface area contributed by atoms with Crippen molar-refractivity contribution >= 4 is 27.5 Å². The fourth-order valence-electron chi connectivity index (χ4n) is 2.15. The van der Waals surface area contributed by atoms with Crippen LogP contribution in [0.3, 0.4) is 0 Å². The first-order valence-electron chi connectivity index (χ1n) is 7.79. The van der Waals surface area contributed by atoms with Crippen molar-refractivity contribution in [3.8, 4) is 11.8 Å². The zero-order valence-electron chi connectivity index (χ0n) is 13.2. The van der Waals surface area contributed by atoms with E-state index >= 15 is 0 Å². The highest BCUT2D eigenvalue weighted by atomic mass is 79.9. The average Bonchev–Trinajstić information content (AvgIpc) is 2.57. The van der Waals surface area contributed by atoms with Gasteiger partial charge < -0.3 is 5.32 Å². The molecule has 0 unspecified atom stereocenters. The van der Waals surface area contributed by atoms with Gasteiger partial charge in [-0.3, -0.25) is 4.79 Å². The fourth-order valence-corrected chi connectivity index (χ4v) is 2.41. The van der Waals surface area contributed by atoms with E-state index in [1.165, 1.54) is 0 Å². The molecule has 0 saturated carbocycles. The number of rotatable bonds is 5. The van der Waals surface area contributed by atoms with Gasteiger partial charge in [-0.05, 0) is 49.2 Å². The summed E-state index contributed by atoms with van der Waals surface area (Å²) in [6, 6.07) is 17.5. The molecule has 1 atom stereocenters. The van der Waals surface area contributed by atoms with Crippen molar-refractivity contribution < 1.29 is 4.79 Å². The molecule has 2 aromatic carbocycles. The summed E-state index contributed by atoms with van der Waals surface area (Å²) in [6.45, 7) is 2.11. The van der Waals surface area contributed by atoms with E-state index < -0.39 is 0 Å². The van der Waals surface area contributed by atoms with Crippen LogP contribution in [-0.2, 0) is 4.79 Å². The lowest BCUT2D eigenvalue weighted by atomic mass is 10.00. The molecule has 0 bridgehead atoms. The van der Waals surface area contributed by atoms with Gasteiger partial charge in [0.15, 0.2) is 0 Å². The van der Waals surface area contributed by atoms with Crippen molar-refractivity contribution in [1.29, 1.82) is 0 Å². The van der Waals surface area contributed by atoms with Crippen LogP contribution in [0.4, 0.5) is 5.69 Å². The number of hydrogen-bond acceptors (Lipinski definition) is 1. The Morgan fingerprint density at radius 2 is 1.83 bits per heavy atom. The summed E-state index contributed by atoms with van der Waals surface area (Å²) in [4.78, 5) is 12.0. The second-order valence-corrected chi connectivity index (χ2v) is 6.25. The molecule has 0 heterocycles. The van der Waals surface area contributed by atoms with E-state index in [4.69, 9.17) is 0 Å². The molecule has 23 heavy (non-hydrogen) atoms. The molecule has 118 valence electrons. The number of halogens is 1. The Morgan fingerprint density at radius 3 is 2.48 bits per heavy atom. The number of nitrogens with one attached hydrogen (secondary N) is 1. The van der Waals surface area contributed by atoms with Crippen molar-refractivity contribution in [2.45, 2.75) is 26.2 Å². The second-order valence-electron chi connectivity index (χ2n) is 5.33. The van der Waals surface area contributed by atoms with Gasteiger partial charge in [0.2, 0.25) is 5.91 Å². The Labute approximate surface area is 146 Å². The van der Waals surface area contributed by atoms with E-state index in [2.05, 4.69) is 40.0 Å². The van der Waals surface area contributed by atoms with Crippen molar-refractivity contribution in [3.05, 3.63) is 64.6 Å². The van der Waals surface area contributed by atoms with Gasteiger partial charge in [-0.25, -0.2) is 0 Å². The Bertz CT molecular complexity index is 683. The topological polar surface area (TPSA) is 29.1 Å². The maximum absolute atomic E-state index is 12.0. The highest BCUT2D eigenvalue weighted by molar-refractivity contribution is 9.10. The van der Waals surface area contributed by atoms with Gasteiger partial charge in [0.1, 0.15) is 0 Å². The van der Waals surface area contributed by atoms with Crippen molar-refractivity contribution in [3.63, 3.8) is 0 Å². The van der Waals surface area contributed by atoms with E-state index in [9.17, 15) is 4.79 Å². The zero-order chi connectivity index (χ0) is 16.5. The number of anilines is 1. The normalized spacial score (nSPS) is 11.2. The van der Waals surface area contributed by atoms with Gasteiger partial charge in [-0.2, -0.15) is 0 Å². The number of benzene rings is 2. The summed E-state index contributed by atoms with van der Waals surface area (Å²) >= 11 is 3.41. The van der Waals surface area contributed by atoms with Crippen LogP contribution in [0.15, 0.2) is 59.1 Å². The summed E-state index contributed by atoms with van der Waals surface area (Å²) < 4.78 is 1.05. The van der Waals surface area contributed by atoms with Gasteiger partial charge in [0.25, 0.3) is 0 Å². The molecule has 0 aliphatic carbocycles. The Balaban J connectivity index is 1.85. The van der Waals surface area contributed by atoms with E-state index in [-0.39, 0.29) is 11.8 Å². The van der Waals surface area contributed by atoms with Crippen LogP contribution in [0.25, 0.3) is 0 Å². The number of para-hydroxylation sites is 1. The van der Waals surface area contributed by atoms with Gasteiger partial charge in [-0.1, -0.05) is 52.9 Å². The third kappa shape index (κ3) is 6.30. The Hall–Kier alpha value is -2.05. The number of carbonyl (C=O) groups is 1. The number of carbonyl (C=O) groups excluding carboxylic acids is 1. The maximum atomic E-state index is 12.0. The Morgan fingerprint density at radius 1 is 1.13 bits per heavy atom. The fraction of sp³-hybridized carbons (Fsp3) is 0.250. The predicted molar refractivity (Wildman–Crippen MR) is 99.1 cm³/mol. The highest BCUT2D eigenvalue weighted by Gasteiger charge is 2.07. The minimum Gasteiger partial charge on any atom is -0.326 e. The minimum absolute atomic E-state index is 0.0418. The first-order chi connectivity index (χ1) is 11.2. The quantitative estimate of drug-likeness (QED) is 0.716. The number of hydrogen-bond donors (Lipinski definition) is 1. The molecule has 0 radical (unpaired) electrons. The second kappa shape index (κ2) is 9.17. The summed E-state index contributed by atoms with van der Waals surface area (Å²) in [5, 5.41) is 2.91. The van der Waals surface area contributed by atoms with Crippen LogP contribution in [0.5, 0.6) is 0 Å². The number of amides is 1. The van der Waals surface area contributed by atoms with Crippen LogP contribution < -0.4 is 5.32 Å². The molecule has 1 N–H and O–H groups in total. The van der Waals surface area contributed by atoms with Crippen LogP contribution in [0.1, 0.15) is 31.7 Å². The molecule has 0 spiro atoms. The molecule has 0 aliphatic heterocycles. The smallest absolute Gasteiger partial charge is 0.224 e. The largest absolute Gasteiger partial charge is 0.326 e. The Kier molecular flexibility index (Phi) is 6.90. The predicted octanol–water partition coefficient (Wildman–Crippen LogP) is 5.25. The molecule has 0 aromatic heterocycles. The average molecular weight is 370 g/mol. The minimum atomic E-state index is 0.0418. The molecule has 1 amide bonds. The molecule has 2 nitrogen and oxygen atoms in total. The maximum Gasteiger partial charge on any atom is 0.224 e. The summed E-state index contributed by atoms with van der Waals surface area (Å²) in [7, 11) is 0. The van der Waals surface area contributed by atoms with Crippen LogP contribution in [0, 0.1) is 17.8 Å². The zero-order valence-corrected chi connectivity index (χ0v) is 14.8. The molecule has 2 aromatic rings. The lowest BCUT2D eigenvalue weighted by Crippen LogP contribution is -2.12. The molecule has 3 heteroatoms. The molecule has 2 rings (SSSR count). The third-order valence-electron chi connectivity index (χ3n) is 3.54. The summed E-state index contributed by atoms with van der Waals surface area (Å²) in [5.41, 5.74) is 1.84. The van der Waals surface area contributed by atoms with E-state index in [1.807, 2.05) is 54.6 Å². The van der Waals surface area contributed by atoms with Crippen molar-refractivity contribution in [1.82, 2.24) is 0 Å². The SMILES string of the molecule is CC[C@H](C#Cc1ccc(Br)cc1)CCC(=O)Nc1ccccc1. The van der Waals surface area contributed by atoms with Crippen LogP contribution >= 0.6 is 15.9 Å². The van der Waals surface area contributed by atoms with Crippen LogP contribution in [0.2, 0.25) is 0 Å². The van der Waals surface area contributed by atoms with Gasteiger partial charge >= 0.3 is 0 Å². The van der Waals surface area contributed by atoms with E-state index in [0.29, 0.717) is 6.42 Å². The van der Waals surface area contributed by atoms with Gasteiger partial charge in [0.05, 0.1) is 0 Å². The van der Waals surface area contributed by atoms with Crippen LogP contribution in [-0.4, -0.2) is 5.91 Å². The molecule has 0 aliphatic rings. The van der Waals surface area contributed by atoms with Gasteiger partial charge in [-0.15, -0.1) is 0 Å².